The summed E-state index contributed by atoms with van der Waals surface area (Å²) in [6.07, 6.45) is 0. The van der Waals surface area contributed by atoms with Crippen LogP contribution in [0.2, 0.25) is 0 Å². The normalized spacial score (nSPS) is 11.8. The molecule has 0 saturated carbocycles. The van der Waals surface area contributed by atoms with Crippen molar-refractivity contribution in [2.24, 2.45) is 5.14 Å². The van der Waals surface area contributed by atoms with Crippen molar-refractivity contribution >= 4 is 10.0 Å². The summed E-state index contributed by atoms with van der Waals surface area (Å²) in [7, 11) is -2.27. The zero-order valence-corrected chi connectivity index (χ0v) is 12.2. The Morgan fingerprint density at radius 3 is 2.65 bits per heavy atom. The summed E-state index contributed by atoms with van der Waals surface area (Å²) in [6, 6.07) is 2.95. The Labute approximate surface area is 116 Å². The SMILES string of the molecule is COCc1noc(-c2cc(S(N)(=O)=O)cc(C)c2C)n1. The summed E-state index contributed by atoms with van der Waals surface area (Å²) in [5, 5.41) is 8.91. The smallest absolute Gasteiger partial charge is 0.258 e. The maximum Gasteiger partial charge on any atom is 0.258 e. The molecule has 0 aliphatic rings. The summed E-state index contributed by atoms with van der Waals surface area (Å²) in [5.74, 6) is 0.628. The molecule has 0 aliphatic heterocycles. The van der Waals surface area contributed by atoms with E-state index in [0.717, 1.165) is 11.1 Å². The van der Waals surface area contributed by atoms with E-state index in [1.807, 2.05) is 6.92 Å². The summed E-state index contributed by atoms with van der Waals surface area (Å²) in [5.41, 5.74) is 2.17. The Kier molecular flexibility index (Phi) is 3.89. The van der Waals surface area contributed by atoms with Crippen LogP contribution < -0.4 is 5.14 Å². The van der Waals surface area contributed by atoms with Crippen molar-refractivity contribution in [3.05, 3.63) is 29.1 Å². The van der Waals surface area contributed by atoms with Crippen LogP contribution in [0.5, 0.6) is 0 Å². The molecule has 0 aliphatic carbocycles. The van der Waals surface area contributed by atoms with E-state index in [1.54, 1.807) is 6.92 Å². The first-order chi connectivity index (χ1) is 9.32. The Morgan fingerprint density at radius 1 is 1.35 bits per heavy atom. The van der Waals surface area contributed by atoms with Crippen LogP contribution in [0.25, 0.3) is 11.5 Å². The lowest BCUT2D eigenvalue weighted by Gasteiger charge is -2.08. The van der Waals surface area contributed by atoms with E-state index in [0.29, 0.717) is 11.4 Å². The highest BCUT2D eigenvalue weighted by Gasteiger charge is 2.17. The van der Waals surface area contributed by atoms with Crippen LogP contribution in [0.3, 0.4) is 0 Å². The van der Waals surface area contributed by atoms with Gasteiger partial charge in [0.1, 0.15) is 6.61 Å². The fourth-order valence-electron chi connectivity index (χ4n) is 1.76. The van der Waals surface area contributed by atoms with Crippen molar-refractivity contribution in [3.8, 4) is 11.5 Å². The Bertz CT molecular complexity index is 737. The molecule has 0 bridgehead atoms. The third kappa shape index (κ3) is 2.87. The molecule has 108 valence electrons. The van der Waals surface area contributed by atoms with Crippen LogP contribution in [-0.2, 0) is 21.4 Å². The zero-order chi connectivity index (χ0) is 14.9. The molecule has 2 rings (SSSR count). The van der Waals surface area contributed by atoms with Crippen molar-refractivity contribution in [1.29, 1.82) is 0 Å². The largest absolute Gasteiger partial charge is 0.377 e. The number of sulfonamides is 1. The molecule has 7 nitrogen and oxygen atoms in total. The third-order valence-electron chi connectivity index (χ3n) is 2.94. The molecule has 1 aromatic heterocycles. The summed E-state index contributed by atoms with van der Waals surface area (Å²) < 4.78 is 33.0. The number of hydrogen-bond donors (Lipinski definition) is 1. The van der Waals surface area contributed by atoms with Crippen molar-refractivity contribution in [2.45, 2.75) is 25.3 Å². The molecule has 0 fully saturated rings. The maximum absolute atomic E-state index is 11.5. The number of nitrogens with zero attached hydrogens (tertiary/aromatic N) is 2. The number of nitrogens with two attached hydrogens (primary N) is 1. The van der Waals surface area contributed by atoms with Gasteiger partial charge in [0, 0.05) is 12.7 Å². The lowest BCUT2D eigenvalue weighted by atomic mass is 10.0. The van der Waals surface area contributed by atoms with Gasteiger partial charge in [-0.3, -0.25) is 0 Å². The highest BCUT2D eigenvalue weighted by atomic mass is 32.2. The topological polar surface area (TPSA) is 108 Å². The minimum atomic E-state index is -3.79. The molecule has 0 spiro atoms. The number of primary sulfonamides is 1. The van der Waals surface area contributed by atoms with E-state index in [1.165, 1.54) is 19.2 Å². The Hall–Kier alpha value is -1.77. The van der Waals surface area contributed by atoms with Gasteiger partial charge in [-0.15, -0.1) is 0 Å². The fraction of sp³-hybridized carbons (Fsp3) is 0.333. The first-order valence-electron chi connectivity index (χ1n) is 5.79. The van der Waals surface area contributed by atoms with E-state index in [4.69, 9.17) is 14.4 Å². The predicted molar refractivity (Wildman–Crippen MR) is 71.3 cm³/mol. The average molecular weight is 297 g/mol. The molecule has 0 amide bonds. The summed E-state index contributed by atoms with van der Waals surface area (Å²) in [6.45, 7) is 3.86. The minimum absolute atomic E-state index is 0.0158. The van der Waals surface area contributed by atoms with Crippen LogP contribution in [0.1, 0.15) is 17.0 Å². The number of methoxy groups -OCH3 is 1. The molecule has 0 radical (unpaired) electrons. The van der Waals surface area contributed by atoms with E-state index >= 15 is 0 Å². The number of benzene rings is 1. The van der Waals surface area contributed by atoms with Crippen LogP contribution in [-0.4, -0.2) is 25.7 Å². The van der Waals surface area contributed by atoms with E-state index in [9.17, 15) is 8.42 Å². The lowest BCUT2D eigenvalue weighted by Crippen LogP contribution is -2.12. The first kappa shape index (κ1) is 14.6. The van der Waals surface area contributed by atoms with Gasteiger partial charge in [-0.25, -0.2) is 13.6 Å². The van der Waals surface area contributed by atoms with Crippen molar-refractivity contribution in [2.75, 3.05) is 7.11 Å². The molecular weight excluding hydrogens is 282 g/mol. The molecule has 0 unspecified atom stereocenters. The average Bonchev–Trinajstić information content (AvgIpc) is 2.80. The zero-order valence-electron chi connectivity index (χ0n) is 11.4. The first-order valence-corrected chi connectivity index (χ1v) is 7.33. The molecule has 2 N–H and O–H groups in total. The van der Waals surface area contributed by atoms with Crippen LogP contribution >= 0.6 is 0 Å². The maximum atomic E-state index is 11.5. The van der Waals surface area contributed by atoms with Gasteiger partial charge in [0.2, 0.25) is 10.0 Å². The Balaban J connectivity index is 2.57. The second kappa shape index (κ2) is 5.31. The minimum Gasteiger partial charge on any atom is -0.377 e. The molecule has 1 aromatic carbocycles. The quantitative estimate of drug-likeness (QED) is 0.906. The highest BCUT2D eigenvalue weighted by Crippen LogP contribution is 2.27. The second-order valence-electron chi connectivity index (χ2n) is 4.41. The molecule has 2 aromatic rings. The van der Waals surface area contributed by atoms with Gasteiger partial charge in [0.05, 0.1) is 4.90 Å². The van der Waals surface area contributed by atoms with Crippen LogP contribution in [0.4, 0.5) is 0 Å². The van der Waals surface area contributed by atoms with E-state index in [-0.39, 0.29) is 17.4 Å². The van der Waals surface area contributed by atoms with E-state index in [2.05, 4.69) is 10.1 Å². The molecular formula is C12H15N3O4S. The monoisotopic (exact) mass is 297 g/mol. The van der Waals surface area contributed by atoms with Gasteiger partial charge in [0.15, 0.2) is 5.82 Å². The molecule has 20 heavy (non-hydrogen) atoms. The highest BCUT2D eigenvalue weighted by molar-refractivity contribution is 7.89. The van der Waals surface area contributed by atoms with Crippen molar-refractivity contribution in [3.63, 3.8) is 0 Å². The number of aromatic nitrogens is 2. The second-order valence-corrected chi connectivity index (χ2v) is 5.97. The number of hydrogen-bond acceptors (Lipinski definition) is 6. The Morgan fingerprint density at radius 2 is 2.05 bits per heavy atom. The van der Waals surface area contributed by atoms with Gasteiger partial charge in [-0.05, 0) is 37.1 Å². The number of aryl methyl sites for hydroxylation is 1. The summed E-state index contributed by atoms with van der Waals surface area (Å²) in [4.78, 5) is 4.17. The predicted octanol–water partition coefficient (Wildman–Crippen LogP) is 1.15. The molecule has 8 heteroatoms. The number of rotatable bonds is 4. The standard InChI is InChI=1S/C12H15N3O4S/c1-7-4-9(20(13,16)17)5-10(8(7)2)12-14-11(6-18-3)15-19-12/h4-5H,6H2,1-3H3,(H2,13,16,17). The van der Waals surface area contributed by atoms with Gasteiger partial charge in [-0.1, -0.05) is 5.16 Å². The third-order valence-corrected chi connectivity index (χ3v) is 3.83. The van der Waals surface area contributed by atoms with Crippen molar-refractivity contribution in [1.82, 2.24) is 10.1 Å². The van der Waals surface area contributed by atoms with Gasteiger partial charge in [-0.2, -0.15) is 4.98 Å². The van der Waals surface area contributed by atoms with Gasteiger partial charge >= 0.3 is 0 Å². The van der Waals surface area contributed by atoms with Gasteiger partial charge < -0.3 is 9.26 Å². The molecule has 0 saturated heterocycles. The van der Waals surface area contributed by atoms with Crippen LogP contribution in [0.15, 0.2) is 21.6 Å². The molecule has 0 atom stereocenters. The number of ether oxygens (including phenoxy) is 1. The lowest BCUT2D eigenvalue weighted by molar-refractivity contribution is 0.174. The fourth-order valence-corrected chi connectivity index (χ4v) is 2.39. The van der Waals surface area contributed by atoms with Gasteiger partial charge in [0.25, 0.3) is 5.89 Å². The van der Waals surface area contributed by atoms with E-state index < -0.39 is 10.0 Å². The van der Waals surface area contributed by atoms with Crippen LogP contribution in [0, 0.1) is 13.8 Å². The van der Waals surface area contributed by atoms with Crippen molar-refractivity contribution < 1.29 is 17.7 Å². The molecule has 1 heterocycles. The summed E-state index contributed by atoms with van der Waals surface area (Å²) >= 11 is 0.